The monoisotopic (exact) mass is 518 g/mol. The average Bonchev–Trinajstić information content (AvgIpc) is 3.25. The summed E-state index contributed by atoms with van der Waals surface area (Å²) >= 11 is 0. The number of aromatic hydroxyl groups is 1. The number of hydrogen-bond acceptors (Lipinski definition) is 3. The third-order valence-corrected chi connectivity index (χ3v) is 7.22. The van der Waals surface area contributed by atoms with Gasteiger partial charge < -0.3 is 19.7 Å². The van der Waals surface area contributed by atoms with E-state index in [9.17, 15) is 5.11 Å². The van der Waals surface area contributed by atoms with Crippen LogP contribution in [0.3, 0.4) is 0 Å². The number of aromatic nitrogens is 1. The number of phenolic OH excluding ortho intramolecular Hbond substituents is 1. The molecule has 1 aromatic heterocycles. The van der Waals surface area contributed by atoms with Gasteiger partial charge in [-0.1, -0.05) is 59.7 Å². The summed E-state index contributed by atoms with van der Waals surface area (Å²) in [5.41, 5.74) is 9.65. The van der Waals surface area contributed by atoms with Crippen molar-refractivity contribution in [1.29, 1.82) is 0 Å². The number of nitrogens with zero attached hydrogens (tertiary/aromatic N) is 1. The number of unbranched alkanes of at least 4 members (excludes halogenated alkanes) is 1. The fraction of sp³-hybridized carbons (Fsp3) is 0.257. The van der Waals surface area contributed by atoms with Gasteiger partial charge in [-0.05, 0) is 93.6 Å². The fourth-order valence-corrected chi connectivity index (χ4v) is 5.42. The number of anilines is 1. The first-order valence-corrected chi connectivity index (χ1v) is 13.9. The van der Waals surface area contributed by atoms with Crippen LogP contribution in [-0.4, -0.2) is 16.2 Å². The molecule has 0 saturated carbocycles. The fourth-order valence-electron chi connectivity index (χ4n) is 5.42. The molecule has 0 fully saturated rings. The van der Waals surface area contributed by atoms with Gasteiger partial charge in [-0.2, -0.15) is 0 Å². The van der Waals surface area contributed by atoms with Crippen molar-refractivity contribution in [2.75, 3.05) is 11.9 Å². The molecule has 0 amide bonds. The molecule has 0 radical (unpaired) electrons. The van der Waals surface area contributed by atoms with Crippen molar-refractivity contribution in [3.05, 3.63) is 113 Å². The zero-order valence-electron chi connectivity index (χ0n) is 23.2. The van der Waals surface area contributed by atoms with Crippen molar-refractivity contribution in [2.45, 2.75) is 53.2 Å². The Hall–Kier alpha value is -4.18. The molecule has 5 rings (SSSR count). The normalized spacial score (nSPS) is 11.2. The molecule has 0 bridgehead atoms. The van der Waals surface area contributed by atoms with Gasteiger partial charge in [-0.15, -0.1) is 0 Å². The quantitative estimate of drug-likeness (QED) is 0.172. The largest absolute Gasteiger partial charge is 0.508 e. The van der Waals surface area contributed by atoms with Gasteiger partial charge in [0.15, 0.2) is 0 Å². The summed E-state index contributed by atoms with van der Waals surface area (Å²) in [6.45, 7) is 8.79. The molecule has 4 heteroatoms. The highest BCUT2D eigenvalue weighted by atomic mass is 16.5. The Morgan fingerprint density at radius 1 is 0.795 bits per heavy atom. The maximum atomic E-state index is 10.3. The molecular weight excluding hydrogens is 480 g/mol. The van der Waals surface area contributed by atoms with Gasteiger partial charge >= 0.3 is 0 Å². The van der Waals surface area contributed by atoms with E-state index >= 15 is 0 Å². The number of rotatable bonds is 11. The number of aryl methyl sites for hydroxylation is 4. The lowest BCUT2D eigenvalue weighted by atomic mass is 10.0. The van der Waals surface area contributed by atoms with E-state index in [0.717, 1.165) is 54.7 Å². The summed E-state index contributed by atoms with van der Waals surface area (Å²) in [5, 5.41) is 15.1. The Balaban J connectivity index is 1.24. The molecule has 39 heavy (non-hydrogen) atoms. The molecule has 0 saturated heterocycles. The SMILES string of the molecule is CCn1c(-c2cc(C)cc(C)c2)c(NCCCCc2ccc(OCc3ccccc3)cc2)c2cc(O)ccc21. The number of ether oxygens (including phenoxy) is 1. The zero-order chi connectivity index (χ0) is 27.2. The van der Waals surface area contributed by atoms with Crippen molar-refractivity contribution in [1.82, 2.24) is 4.57 Å². The number of benzene rings is 4. The summed E-state index contributed by atoms with van der Waals surface area (Å²) in [7, 11) is 0. The van der Waals surface area contributed by atoms with E-state index in [4.69, 9.17) is 4.74 Å². The predicted molar refractivity (Wildman–Crippen MR) is 163 cm³/mol. The van der Waals surface area contributed by atoms with Crippen LogP contribution in [0.5, 0.6) is 11.5 Å². The summed E-state index contributed by atoms with van der Waals surface area (Å²) in [6, 6.07) is 31.1. The summed E-state index contributed by atoms with van der Waals surface area (Å²) < 4.78 is 8.28. The Morgan fingerprint density at radius 2 is 1.54 bits per heavy atom. The van der Waals surface area contributed by atoms with E-state index in [1.807, 2.05) is 30.3 Å². The van der Waals surface area contributed by atoms with Gasteiger partial charge in [0.25, 0.3) is 0 Å². The molecule has 0 unspecified atom stereocenters. The van der Waals surface area contributed by atoms with Crippen molar-refractivity contribution < 1.29 is 9.84 Å². The molecular formula is C35H38N2O2. The first-order valence-electron chi connectivity index (χ1n) is 13.9. The standard InChI is InChI=1S/C35H38N2O2/c1-4-37-33-18-15-30(38)23-32(33)34(35(37)29-21-25(2)20-26(3)22-29)36-19-9-8-10-27-13-16-31(17-14-27)39-24-28-11-6-5-7-12-28/h5-7,11-18,20-23,36,38H,4,8-10,19,24H2,1-3H3. The Labute approximate surface area is 231 Å². The topological polar surface area (TPSA) is 46.4 Å². The molecule has 1 heterocycles. The first kappa shape index (κ1) is 26.4. The molecule has 0 spiro atoms. The smallest absolute Gasteiger partial charge is 0.119 e. The van der Waals surface area contributed by atoms with Crippen LogP contribution in [0.15, 0.2) is 91.0 Å². The van der Waals surface area contributed by atoms with Crippen LogP contribution in [0, 0.1) is 13.8 Å². The molecule has 0 atom stereocenters. The first-order chi connectivity index (χ1) is 19.0. The van der Waals surface area contributed by atoms with Crippen LogP contribution in [0.1, 0.15) is 42.0 Å². The highest BCUT2D eigenvalue weighted by Gasteiger charge is 2.19. The number of phenols is 1. The van der Waals surface area contributed by atoms with Crippen LogP contribution in [-0.2, 0) is 19.6 Å². The van der Waals surface area contributed by atoms with Crippen molar-refractivity contribution >= 4 is 16.6 Å². The van der Waals surface area contributed by atoms with E-state index in [1.165, 1.54) is 33.5 Å². The van der Waals surface area contributed by atoms with E-state index in [-0.39, 0.29) is 0 Å². The Bertz CT molecular complexity index is 1520. The predicted octanol–water partition coefficient (Wildman–Crippen LogP) is 8.66. The van der Waals surface area contributed by atoms with E-state index in [1.54, 1.807) is 6.07 Å². The highest BCUT2D eigenvalue weighted by molar-refractivity contribution is 6.02. The van der Waals surface area contributed by atoms with Crippen LogP contribution >= 0.6 is 0 Å². The van der Waals surface area contributed by atoms with Gasteiger partial charge in [-0.3, -0.25) is 0 Å². The van der Waals surface area contributed by atoms with Gasteiger partial charge in [0, 0.05) is 24.0 Å². The molecule has 4 nitrogen and oxygen atoms in total. The minimum atomic E-state index is 0.293. The lowest BCUT2D eigenvalue weighted by molar-refractivity contribution is 0.306. The van der Waals surface area contributed by atoms with Crippen molar-refractivity contribution in [3.63, 3.8) is 0 Å². The number of nitrogens with one attached hydrogen (secondary N) is 1. The van der Waals surface area contributed by atoms with Gasteiger partial charge in [0.05, 0.1) is 16.9 Å². The van der Waals surface area contributed by atoms with E-state index in [0.29, 0.717) is 12.4 Å². The molecule has 0 aliphatic carbocycles. The molecule has 4 aromatic carbocycles. The van der Waals surface area contributed by atoms with E-state index < -0.39 is 0 Å². The summed E-state index contributed by atoms with van der Waals surface area (Å²) in [6.07, 6.45) is 3.17. The lowest BCUT2D eigenvalue weighted by Gasteiger charge is -2.14. The summed E-state index contributed by atoms with van der Waals surface area (Å²) in [4.78, 5) is 0. The second-order valence-electron chi connectivity index (χ2n) is 10.3. The highest BCUT2D eigenvalue weighted by Crippen LogP contribution is 2.40. The lowest BCUT2D eigenvalue weighted by Crippen LogP contribution is -2.05. The third kappa shape index (κ3) is 6.28. The Kier molecular flexibility index (Phi) is 8.21. The van der Waals surface area contributed by atoms with Crippen molar-refractivity contribution in [2.24, 2.45) is 0 Å². The van der Waals surface area contributed by atoms with Crippen LogP contribution in [0.25, 0.3) is 22.2 Å². The van der Waals surface area contributed by atoms with Gasteiger partial charge in [0.2, 0.25) is 0 Å². The maximum Gasteiger partial charge on any atom is 0.119 e. The maximum absolute atomic E-state index is 10.3. The molecule has 5 aromatic rings. The molecule has 200 valence electrons. The average molecular weight is 519 g/mol. The minimum absolute atomic E-state index is 0.293. The Morgan fingerprint density at radius 3 is 2.26 bits per heavy atom. The van der Waals surface area contributed by atoms with Crippen LogP contribution in [0.4, 0.5) is 5.69 Å². The second-order valence-corrected chi connectivity index (χ2v) is 10.3. The summed E-state index contributed by atoms with van der Waals surface area (Å²) in [5.74, 6) is 1.20. The minimum Gasteiger partial charge on any atom is -0.508 e. The van der Waals surface area contributed by atoms with Crippen molar-refractivity contribution in [3.8, 4) is 22.8 Å². The van der Waals surface area contributed by atoms with Gasteiger partial charge in [0.1, 0.15) is 18.1 Å². The molecule has 2 N–H and O–H groups in total. The zero-order valence-corrected chi connectivity index (χ0v) is 23.2. The van der Waals surface area contributed by atoms with Crippen LogP contribution in [0.2, 0.25) is 0 Å². The van der Waals surface area contributed by atoms with Crippen LogP contribution < -0.4 is 10.1 Å². The number of hydrogen-bond donors (Lipinski definition) is 2. The third-order valence-electron chi connectivity index (χ3n) is 7.22. The molecule has 0 aliphatic heterocycles. The number of fused-ring (bicyclic) bond motifs is 1. The van der Waals surface area contributed by atoms with Gasteiger partial charge in [-0.25, -0.2) is 0 Å². The van der Waals surface area contributed by atoms with E-state index in [2.05, 4.69) is 85.3 Å². The second kappa shape index (κ2) is 12.1. The molecule has 0 aliphatic rings.